The van der Waals surface area contributed by atoms with Gasteiger partial charge in [0, 0.05) is 71.5 Å². The summed E-state index contributed by atoms with van der Waals surface area (Å²) in [5, 5.41) is 47.1. The van der Waals surface area contributed by atoms with E-state index in [1.54, 1.807) is 6.92 Å². The summed E-state index contributed by atoms with van der Waals surface area (Å²) in [6.45, 7) is 4.75. The Hall–Kier alpha value is -3.38. The van der Waals surface area contributed by atoms with E-state index in [4.69, 9.17) is 0 Å². The first-order valence-electron chi connectivity index (χ1n) is 22.6. The van der Waals surface area contributed by atoms with E-state index in [1.165, 1.54) is 10.6 Å². The van der Waals surface area contributed by atoms with Gasteiger partial charge in [0.1, 0.15) is 18.4 Å². The minimum Gasteiger partial charge on any atom is -0.494 e. The Labute approximate surface area is 360 Å². The normalized spacial score (nSPS) is 23.0. The molecule has 6 N–H and O–H groups in total. The number of carbonyl (C=O) groups is 5. The quantitative estimate of drug-likeness (QED) is 0.0943. The number of aromatic hydroxyl groups is 2. The van der Waals surface area contributed by atoms with Crippen LogP contribution in [0.5, 0.6) is 11.8 Å². The number of nitrogens with zero attached hydrogens (tertiary/aromatic N) is 5. The van der Waals surface area contributed by atoms with Crippen molar-refractivity contribution in [3.8, 4) is 11.8 Å². The third kappa shape index (κ3) is 13.1. The molecule has 1 aromatic rings. The van der Waals surface area contributed by atoms with Crippen molar-refractivity contribution in [2.45, 2.75) is 139 Å². The van der Waals surface area contributed by atoms with Crippen molar-refractivity contribution in [3.05, 3.63) is 6.07 Å². The number of aromatic nitrogens is 1. The molecule has 5 rings (SSSR count). The lowest BCUT2D eigenvalue weighted by Gasteiger charge is -2.43. The molecule has 4 atom stereocenters. The first-order valence-corrected chi connectivity index (χ1v) is 23.1. The molecule has 0 spiro atoms. The van der Waals surface area contributed by atoms with Crippen LogP contribution in [0.15, 0.2) is 11.0 Å². The molecule has 1 saturated heterocycles. The second-order valence-corrected chi connectivity index (χ2v) is 18.1. The third-order valence-electron chi connectivity index (χ3n) is 13.9. The number of hydrogen-bond donors (Lipinski definition) is 7. The molecule has 2 amide bonds. The predicted octanol–water partition coefficient (Wildman–Crippen LogP) is 3.25. The van der Waals surface area contributed by atoms with Crippen LogP contribution in [0.3, 0.4) is 0 Å². The lowest BCUT2D eigenvalue weighted by atomic mass is 9.82. The van der Waals surface area contributed by atoms with Crippen molar-refractivity contribution in [1.82, 2.24) is 34.8 Å². The Morgan fingerprint density at radius 1 is 0.683 bits per heavy atom. The van der Waals surface area contributed by atoms with Gasteiger partial charge in [-0.25, -0.2) is 0 Å². The van der Waals surface area contributed by atoms with E-state index in [0.717, 1.165) is 103 Å². The van der Waals surface area contributed by atoms with Crippen LogP contribution in [0.4, 0.5) is 0 Å². The maximum Gasteiger partial charge on any atom is 0.321 e. The van der Waals surface area contributed by atoms with Crippen molar-refractivity contribution >= 4 is 42.7 Å². The largest absolute Gasteiger partial charge is 0.494 e. The molecule has 0 bridgehead atoms. The molecule has 60 heavy (non-hydrogen) atoms. The highest BCUT2D eigenvalue weighted by Gasteiger charge is 2.39. The predicted molar refractivity (Wildman–Crippen MR) is 229 cm³/mol. The van der Waals surface area contributed by atoms with Crippen LogP contribution >= 0.6 is 12.6 Å². The highest BCUT2D eigenvalue weighted by Crippen LogP contribution is 2.33. The van der Waals surface area contributed by atoms with Crippen LogP contribution in [-0.4, -0.2) is 164 Å². The average molecular weight is 862 g/mol. The zero-order valence-electron chi connectivity index (χ0n) is 35.6. The van der Waals surface area contributed by atoms with Crippen molar-refractivity contribution in [2.24, 2.45) is 17.8 Å². The number of thiol groups is 1. The molecule has 17 heteroatoms. The second-order valence-electron chi connectivity index (χ2n) is 17.6. The van der Waals surface area contributed by atoms with Gasteiger partial charge >= 0.3 is 11.9 Å². The summed E-state index contributed by atoms with van der Waals surface area (Å²) in [7, 11) is 0. The number of rotatable bonds is 16. The van der Waals surface area contributed by atoms with Gasteiger partial charge in [-0.2, -0.15) is 0 Å². The van der Waals surface area contributed by atoms with Crippen LogP contribution in [0.2, 0.25) is 0 Å². The molecule has 0 aromatic carbocycles. The SMILES string of the molecule is CC(C(=O)NCC(=O)NCCn1c(O)cc(S)c1O)N1CCN([C@@H](C(=O)O)C2CCCCC2)CCN(C(C=O)C2CCCCC2)CCN([C@@H](C(=O)O)C2CCCCC2)CC1. The first-order chi connectivity index (χ1) is 28.9. The third-order valence-corrected chi connectivity index (χ3v) is 14.2. The number of hydrogen-bond acceptors (Lipinski definition) is 12. The summed E-state index contributed by atoms with van der Waals surface area (Å²) in [6.07, 6.45) is 15.7. The number of aldehydes is 1. The molecule has 338 valence electrons. The van der Waals surface area contributed by atoms with Crippen molar-refractivity contribution in [2.75, 3.05) is 65.4 Å². The van der Waals surface area contributed by atoms with E-state index in [9.17, 15) is 44.4 Å². The van der Waals surface area contributed by atoms with Gasteiger partial charge in [0.25, 0.3) is 0 Å². The molecule has 4 aliphatic rings. The average Bonchev–Trinajstić information content (AvgIpc) is 3.48. The maximum absolute atomic E-state index is 13.8. The van der Waals surface area contributed by atoms with E-state index in [0.29, 0.717) is 52.4 Å². The molecule has 16 nitrogen and oxygen atoms in total. The van der Waals surface area contributed by atoms with Crippen molar-refractivity contribution in [1.29, 1.82) is 0 Å². The summed E-state index contributed by atoms with van der Waals surface area (Å²) in [4.78, 5) is 74.4. The maximum atomic E-state index is 13.8. The topological polar surface area (TPSA) is 208 Å². The molecule has 4 fully saturated rings. The number of aliphatic carboxylic acids is 2. The lowest BCUT2D eigenvalue weighted by molar-refractivity contribution is -0.147. The highest BCUT2D eigenvalue weighted by atomic mass is 32.1. The molecule has 2 unspecified atom stereocenters. The summed E-state index contributed by atoms with van der Waals surface area (Å²) >= 11 is 4.09. The van der Waals surface area contributed by atoms with Gasteiger partial charge in [0.2, 0.25) is 17.7 Å². The van der Waals surface area contributed by atoms with Crippen LogP contribution < -0.4 is 10.6 Å². The first kappa shape index (κ1) is 47.7. The standard InChI is InChI=1S/C43H71N7O9S/c1-30(40(54)45-28-36(52)44-17-18-50-37(53)27-35(60)41(50)55)46-19-23-48(38(42(56)57)32-13-7-3-8-14-32)25-21-47(34(29-51)31-11-5-2-6-12-31)22-26-49(24-20-46)39(43(58)59)33-15-9-4-10-16-33/h27,29-34,38-39,53,55,60H,2-26,28H2,1H3,(H,44,52)(H,45,54)(H,56,57)(H,58,59)/t30?,34?,38-,39-/m1/s1. The van der Waals surface area contributed by atoms with Gasteiger partial charge in [-0.05, 0) is 63.2 Å². The molecule has 0 radical (unpaired) electrons. The Morgan fingerprint density at radius 2 is 1.12 bits per heavy atom. The van der Waals surface area contributed by atoms with Crippen LogP contribution in [-0.2, 0) is 30.5 Å². The highest BCUT2D eigenvalue weighted by molar-refractivity contribution is 7.80. The summed E-state index contributed by atoms with van der Waals surface area (Å²) in [6, 6.07) is -1.21. The lowest BCUT2D eigenvalue weighted by Crippen LogP contribution is -2.58. The van der Waals surface area contributed by atoms with Crippen molar-refractivity contribution in [3.63, 3.8) is 0 Å². The summed E-state index contributed by atoms with van der Waals surface area (Å²) in [5.74, 6) is -2.83. The van der Waals surface area contributed by atoms with E-state index in [-0.39, 0.29) is 60.1 Å². The molecule has 3 saturated carbocycles. The molecule has 2 heterocycles. The van der Waals surface area contributed by atoms with E-state index in [1.807, 2.05) is 4.90 Å². The van der Waals surface area contributed by atoms with Gasteiger partial charge < -0.3 is 35.9 Å². The van der Waals surface area contributed by atoms with Crippen LogP contribution in [0.1, 0.15) is 103 Å². The van der Waals surface area contributed by atoms with Crippen LogP contribution in [0.25, 0.3) is 0 Å². The minimum absolute atomic E-state index is 0.0155. The second kappa shape index (κ2) is 23.7. The fourth-order valence-corrected chi connectivity index (χ4v) is 10.7. The molecular weight excluding hydrogens is 791 g/mol. The Balaban J connectivity index is 1.37. The van der Waals surface area contributed by atoms with Gasteiger partial charge in [-0.1, -0.05) is 57.8 Å². The van der Waals surface area contributed by atoms with Gasteiger partial charge in [0.05, 0.1) is 23.5 Å². The Kier molecular flexibility index (Phi) is 18.9. The fraction of sp³-hybridized carbons (Fsp3) is 0.791. The minimum atomic E-state index is -0.862. The zero-order chi connectivity index (χ0) is 43.2. The smallest absolute Gasteiger partial charge is 0.321 e. The summed E-state index contributed by atoms with van der Waals surface area (Å²) < 4.78 is 1.20. The number of nitrogens with one attached hydrogen (secondary N) is 2. The number of carboxylic acid groups (broad SMARTS) is 2. The van der Waals surface area contributed by atoms with E-state index < -0.39 is 41.9 Å². The van der Waals surface area contributed by atoms with Crippen LogP contribution in [0, 0.1) is 17.8 Å². The number of amides is 2. The fourth-order valence-electron chi connectivity index (χ4n) is 10.5. The van der Waals surface area contributed by atoms with Gasteiger partial charge in [-0.15, -0.1) is 12.6 Å². The monoisotopic (exact) mass is 862 g/mol. The zero-order valence-corrected chi connectivity index (χ0v) is 36.5. The van der Waals surface area contributed by atoms with Gasteiger partial charge in [-0.3, -0.25) is 43.3 Å². The molecule has 1 aromatic heterocycles. The molecule has 3 aliphatic carbocycles. The van der Waals surface area contributed by atoms with E-state index in [2.05, 4.69) is 38.0 Å². The Bertz CT molecular complexity index is 1510. The van der Waals surface area contributed by atoms with Gasteiger partial charge in [0.15, 0.2) is 5.88 Å². The number of carbonyl (C=O) groups excluding carboxylic acids is 3. The number of carboxylic acids is 2. The molecule has 1 aliphatic heterocycles. The van der Waals surface area contributed by atoms with E-state index >= 15 is 0 Å². The summed E-state index contributed by atoms with van der Waals surface area (Å²) in [5.41, 5.74) is 0. The van der Waals surface area contributed by atoms with Crippen molar-refractivity contribution < 1.29 is 44.4 Å². The molecular formula is C43H71N7O9S. The Morgan fingerprint density at radius 3 is 1.53 bits per heavy atom.